The van der Waals surface area contributed by atoms with E-state index < -0.39 is 0 Å². The van der Waals surface area contributed by atoms with E-state index in [2.05, 4.69) is 19.2 Å². The van der Waals surface area contributed by atoms with E-state index in [4.69, 9.17) is 0 Å². The molecule has 1 heterocycles. The zero-order chi connectivity index (χ0) is 10.7. The molecule has 0 amide bonds. The van der Waals surface area contributed by atoms with Gasteiger partial charge in [0.15, 0.2) is 0 Å². The Kier molecular flexibility index (Phi) is 3.89. The molecule has 0 saturated carbocycles. The highest BCUT2D eigenvalue weighted by atomic mass is 32.1. The smallest absolute Gasteiger partial charge is 0.307 e. The average molecular weight is 214 g/mol. The Morgan fingerprint density at radius 1 is 1.43 bits per heavy atom. The van der Waals surface area contributed by atoms with E-state index in [1.54, 1.807) is 0 Å². The highest BCUT2D eigenvalue weighted by molar-refractivity contribution is 7.09. The highest BCUT2D eigenvalue weighted by Crippen LogP contribution is 2.08. The summed E-state index contributed by atoms with van der Waals surface area (Å²) in [4.78, 5) is 12.8. The molecule has 0 bridgehead atoms. The Morgan fingerprint density at radius 2 is 2.07 bits per heavy atom. The first-order chi connectivity index (χ1) is 6.52. The third kappa shape index (κ3) is 2.69. The lowest BCUT2D eigenvalue weighted by Crippen LogP contribution is -2.29. The second-order valence-electron chi connectivity index (χ2n) is 3.77. The molecular weight excluding hydrogens is 196 g/mol. The van der Waals surface area contributed by atoms with Gasteiger partial charge in [0, 0.05) is 29.7 Å². The van der Waals surface area contributed by atoms with Crippen LogP contribution in [-0.2, 0) is 6.54 Å². The minimum atomic E-state index is 0.158. The molecular formula is C10H18N2OS. The number of thiazole rings is 1. The van der Waals surface area contributed by atoms with Crippen molar-refractivity contribution in [2.45, 2.75) is 40.3 Å². The fourth-order valence-corrected chi connectivity index (χ4v) is 2.17. The van der Waals surface area contributed by atoms with Crippen molar-refractivity contribution in [3.8, 4) is 0 Å². The number of aromatic nitrogens is 1. The van der Waals surface area contributed by atoms with E-state index in [1.807, 2.05) is 18.4 Å². The summed E-state index contributed by atoms with van der Waals surface area (Å²) in [7, 11) is 0. The molecule has 0 unspecified atom stereocenters. The van der Waals surface area contributed by atoms with Crippen molar-refractivity contribution >= 4 is 11.3 Å². The number of nitrogens with one attached hydrogen (secondary N) is 1. The Morgan fingerprint density at radius 3 is 2.50 bits per heavy atom. The molecule has 0 aromatic carbocycles. The minimum Gasteiger partial charge on any atom is -0.313 e. The van der Waals surface area contributed by atoms with Crippen LogP contribution in [0.15, 0.2) is 4.79 Å². The Hall–Kier alpha value is -0.610. The number of hydrogen-bond donors (Lipinski definition) is 1. The number of rotatable bonds is 4. The van der Waals surface area contributed by atoms with Crippen molar-refractivity contribution in [1.29, 1.82) is 0 Å². The van der Waals surface area contributed by atoms with Gasteiger partial charge in [-0.05, 0) is 13.8 Å². The van der Waals surface area contributed by atoms with Gasteiger partial charge < -0.3 is 9.88 Å². The fraction of sp³-hybridized carbons (Fsp3) is 0.700. The van der Waals surface area contributed by atoms with Gasteiger partial charge in [0.2, 0.25) is 0 Å². The van der Waals surface area contributed by atoms with Crippen molar-refractivity contribution in [3.05, 3.63) is 20.2 Å². The topological polar surface area (TPSA) is 34.0 Å². The maximum Gasteiger partial charge on any atom is 0.307 e. The summed E-state index contributed by atoms with van der Waals surface area (Å²) in [6, 6.07) is 0.478. The third-order valence-electron chi connectivity index (χ3n) is 2.26. The van der Waals surface area contributed by atoms with Crippen LogP contribution < -0.4 is 10.2 Å². The van der Waals surface area contributed by atoms with E-state index in [1.165, 1.54) is 11.3 Å². The van der Waals surface area contributed by atoms with Crippen LogP contribution >= 0.6 is 11.3 Å². The number of aryl methyl sites for hydroxylation is 1. The molecule has 80 valence electrons. The maximum atomic E-state index is 11.5. The van der Waals surface area contributed by atoms with Gasteiger partial charge in [0.1, 0.15) is 0 Å². The first kappa shape index (κ1) is 11.5. The molecule has 0 aliphatic heterocycles. The number of hydrogen-bond acceptors (Lipinski definition) is 3. The lowest BCUT2D eigenvalue weighted by molar-refractivity contribution is 0.533. The predicted octanol–water partition coefficient (Wildman–Crippen LogP) is 1.52. The molecule has 1 aromatic rings. The molecule has 3 nitrogen and oxygen atoms in total. The maximum absolute atomic E-state index is 11.5. The first-order valence-corrected chi connectivity index (χ1v) is 5.74. The lowest BCUT2D eigenvalue weighted by atomic mass is 10.4. The van der Waals surface area contributed by atoms with E-state index in [0.29, 0.717) is 6.04 Å². The monoisotopic (exact) mass is 214 g/mol. The summed E-state index contributed by atoms with van der Waals surface area (Å²) < 4.78 is 1.84. The normalized spacial score (nSPS) is 11.2. The second-order valence-corrected chi connectivity index (χ2v) is 4.94. The Bertz CT molecular complexity index is 351. The van der Waals surface area contributed by atoms with E-state index in [9.17, 15) is 4.79 Å². The van der Waals surface area contributed by atoms with Crippen molar-refractivity contribution in [1.82, 2.24) is 9.88 Å². The molecule has 4 heteroatoms. The predicted molar refractivity (Wildman–Crippen MR) is 61.2 cm³/mol. The molecule has 0 atom stereocenters. The molecule has 0 radical (unpaired) electrons. The van der Waals surface area contributed by atoms with Crippen LogP contribution in [0.1, 0.15) is 24.4 Å². The molecule has 0 spiro atoms. The zero-order valence-electron chi connectivity index (χ0n) is 9.26. The van der Waals surface area contributed by atoms with Gasteiger partial charge >= 0.3 is 4.87 Å². The van der Waals surface area contributed by atoms with E-state index in [-0.39, 0.29) is 4.87 Å². The molecule has 14 heavy (non-hydrogen) atoms. The zero-order valence-corrected chi connectivity index (χ0v) is 10.1. The van der Waals surface area contributed by atoms with Crippen molar-refractivity contribution in [2.75, 3.05) is 6.54 Å². The van der Waals surface area contributed by atoms with Crippen molar-refractivity contribution in [2.24, 2.45) is 0 Å². The van der Waals surface area contributed by atoms with Gasteiger partial charge in [-0.15, -0.1) is 0 Å². The Labute approximate surface area is 88.8 Å². The van der Waals surface area contributed by atoms with Crippen LogP contribution in [0.5, 0.6) is 0 Å². The standard InChI is InChI=1S/C10H18N2OS/c1-7(2)11-5-6-12-8(3)9(4)14-10(12)13/h7,11H,5-6H2,1-4H3. The van der Waals surface area contributed by atoms with Gasteiger partial charge in [0.05, 0.1) is 0 Å². The first-order valence-electron chi connectivity index (χ1n) is 4.92. The molecule has 0 aliphatic rings. The summed E-state index contributed by atoms with van der Waals surface area (Å²) in [6.07, 6.45) is 0. The highest BCUT2D eigenvalue weighted by Gasteiger charge is 2.06. The SMILES string of the molecule is Cc1sc(=O)n(CCNC(C)C)c1C. The second kappa shape index (κ2) is 4.75. The van der Waals surface area contributed by atoms with Gasteiger partial charge in [0.25, 0.3) is 0 Å². The minimum absolute atomic E-state index is 0.158. The van der Waals surface area contributed by atoms with Gasteiger partial charge in [-0.2, -0.15) is 0 Å². The average Bonchev–Trinajstić information content (AvgIpc) is 2.31. The van der Waals surface area contributed by atoms with E-state index >= 15 is 0 Å². The molecule has 1 rings (SSSR count). The fourth-order valence-electron chi connectivity index (χ4n) is 1.31. The summed E-state index contributed by atoms with van der Waals surface area (Å²) in [5, 5.41) is 3.30. The van der Waals surface area contributed by atoms with Gasteiger partial charge in [-0.25, -0.2) is 0 Å². The van der Waals surface area contributed by atoms with Crippen molar-refractivity contribution in [3.63, 3.8) is 0 Å². The van der Waals surface area contributed by atoms with Crippen LogP contribution in [0.4, 0.5) is 0 Å². The van der Waals surface area contributed by atoms with Crippen LogP contribution in [0, 0.1) is 13.8 Å². The summed E-state index contributed by atoms with van der Waals surface area (Å²) in [5.74, 6) is 0. The van der Waals surface area contributed by atoms with Crippen LogP contribution in [0.25, 0.3) is 0 Å². The molecule has 0 aliphatic carbocycles. The molecule has 1 aromatic heterocycles. The third-order valence-corrected chi connectivity index (χ3v) is 3.26. The summed E-state index contributed by atoms with van der Waals surface area (Å²) in [5.41, 5.74) is 1.10. The van der Waals surface area contributed by atoms with Crippen molar-refractivity contribution < 1.29 is 0 Å². The van der Waals surface area contributed by atoms with Crippen LogP contribution in [0.3, 0.4) is 0 Å². The van der Waals surface area contributed by atoms with Gasteiger partial charge in [-0.3, -0.25) is 4.79 Å². The van der Waals surface area contributed by atoms with Gasteiger partial charge in [-0.1, -0.05) is 25.2 Å². The number of nitrogens with zero attached hydrogens (tertiary/aromatic N) is 1. The largest absolute Gasteiger partial charge is 0.313 e. The van der Waals surface area contributed by atoms with Crippen LogP contribution in [0.2, 0.25) is 0 Å². The quantitative estimate of drug-likeness (QED) is 0.824. The summed E-state index contributed by atoms with van der Waals surface area (Å²) >= 11 is 1.33. The lowest BCUT2D eigenvalue weighted by Gasteiger charge is -2.09. The Balaban J connectivity index is 2.63. The molecule has 0 fully saturated rings. The summed E-state index contributed by atoms with van der Waals surface area (Å²) in [6.45, 7) is 9.83. The van der Waals surface area contributed by atoms with Crippen LogP contribution in [-0.4, -0.2) is 17.2 Å². The van der Waals surface area contributed by atoms with E-state index in [0.717, 1.165) is 23.7 Å². The molecule has 0 saturated heterocycles. The molecule has 1 N–H and O–H groups in total.